The molecule has 1 aromatic heterocycles. The monoisotopic (exact) mass is 414 g/mol. The van der Waals surface area contributed by atoms with E-state index >= 15 is 0 Å². The molecule has 0 radical (unpaired) electrons. The van der Waals surface area contributed by atoms with E-state index in [4.69, 9.17) is 0 Å². The van der Waals surface area contributed by atoms with Crippen LogP contribution in [0.4, 0.5) is 0 Å². The average molecular weight is 415 g/mol. The predicted octanol–water partition coefficient (Wildman–Crippen LogP) is 3.20. The summed E-state index contributed by atoms with van der Waals surface area (Å²) in [5, 5.41) is 3.79. The number of allylic oxidation sites excluding steroid dienone is 1. The summed E-state index contributed by atoms with van der Waals surface area (Å²) in [6.07, 6.45) is 14.6. The number of nitrogens with zero attached hydrogens (tertiary/aromatic N) is 3. The first kappa shape index (κ1) is 20.4. The molecule has 2 heterocycles. The molecule has 1 spiro atoms. The van der Waals surface area contributed by atoms with Crippen LogP contribution >= 0.6 is 11.8 Å². The van der Waals surface area contributed by atoms with Crippen molar-refractivity contribution in [3.63, 3.8) is 0 Å². The van der Waals surface area contributed by atoms with Gasteiger partial charge in [0.15, 0.2) is 5.16 Å². The van der Waals surface area contributed by atoms with Gasteiger partial charge in [0, 0.05) is 37.9 Å². The highest BCUT2D eigenvalue weighted by Gasteiger charge is 2.58. The van der Waals surface area contributed by atoms with Gasteiger partial charge in [0.05, 0.1) is 5.75 Å². The number of carbonyl (C=O) groups is 2. The second-order valence-electron chi connectivity index (χ2n) is 8.47. The fourth-order valence-electron chi connectivity index (χ4n) is 4.65. The van der Waals surface area contributed by atoms with Crippen molar-refractivity contribution in [2.45, 2.75) is 56.5 Å². The molecule has 1 saturated carbocycles. The molecule has 0 aromatic carbocycles. The Morgan fingerprint density at radius 1 is 1.21 bits per heavy atom. The Labute approximate surface area is 176 Å². The summed E-state index contributed by atoms with van der Waals surface area (Å²) < 4.78 is 0. The number of aromatic nitrogens is 2. The zero-order valence-corrected chi connectivity index (χ0v) is 17.8. The molecule has 3 aliphatic rings. The zero-order valence-electron chi connectivity index (χ0n) is 16.9. The molecule has 29 heavy (non-hydrogen) atoms. The smallest absolute Gasteiger partial charge is 0.233 e. The Bertz CT molecular complexity index is 759. The van der Waals surface area contributed by atoms with Crippen LogP contribution in [0.25, 0.3) is 0 Å². The number of thioether (sulfide) groups is 1. The molecule has 1 aliphatic heterocycles. The van der Waals surface area contributed by atoms with Crippen LogP contribution in [0.15, 0.2) is 35.3 Å². The highest BCUT2D eigenvalue weighted by Crippen LogP contribution is 2.59. The second kappa shape index (κ2) is 9.28. The van der Waals surface area contributed by atoms with E-state index in [9.17, 15) is 9.59 Å². The fraction of sp³-hybridized carbons (Fsp3) is 0.636. The first-order chi connectivity index (χ1) is 14.2. The number of likely N-dealkylation sites (tertiary alicyclic amines) is 1. The van der Waals surface area contributed by atoms with E-state index in [1.807, 2.05) is 4.90 Å². The SMILES string of the molecule is O=C(NCCC1=CCCCC1)C1CC12CCN(C(=O)CSc1ncccn1)CC2. The van der Waals surface area contributed by atoms with Crippen LogP contribution in [-0.2, 0) is 9.59 Å². The minimum absolute atomic E-state index is 0.139. The Morgan fingerprint density at radius 3 is 2.72 bits per heavy atom. The number of carbonyl (C=O) groups excluding carboxylic acids is 2. The van der Waals surface area contributed by atoms with Gasteiger partial charge in [-0.3, -0.25) is 9.59 Å². The molecule has 156 valence electrons. The van der Waals surface area contributed by atoms with E-state index in [1.54, 1.807) is 18.5 Å². The fourth-order valence-corrected chi connectivity index (χ4v) is 5.36. The van der Waals surface area contributed by atoms with Crippen molar-refractivity contribution >= 4 is 23.6 Å². The third-order valence-corrected chi connectivity index (χ3v) is 7.48. The molecule has 4 rings (SSSR count). The van der Waals surface area contributed by atoms with E-state index in [1.165, 1.54) is 43.0 Å². The molecule has 7 heteroatoms. The second-order valence-corrected chi connectivity index (χ2v) is 9.41. The summed E-state index contributed by atoms with van der Waals surface area (Å²) >= 11 is 1.38. The van der Waals surface area contributed by atoms with Crippen LogP contribution in [0.1, 0.15) is 51.4 Å². The highest BCUT2D eigenvalue weighted by molar-refractivity contribution is 7.99. The largest absolute Gasteiger partial charge is 0.356 e. The molecule has 2 amide bonds. The lowest BCUT2D eigenvalue weighted by Gasteiger charge is -2.32. The molecule has 1 aromatic rings. The standard InChI is InChI=1S/C22H30N4O2S/c27-19(16-29-21-24-10-4-11-25-21)26-13-8-22(9-14-26)15-18(22)20(28)23-12-7-17-5-2-1-3-6-17/h4-5,10-11,18H,1-3,6-9,12-16H2,(H,23,28). The van der Waals surface area contributed by atoms with Gasteiger partial charge in [-0.05, 0) is 62.8 Å². The van der Waals surface area contributed by atoms with Gasteiger partial charge < -0.3 is 10.2 Å². The van der Waals surface area contributed by atoms with Gasteiger partial charge in [0.25, 0.3) is 0 Å². The van der Waals surface area contributed by atoms with Crippen molar-refractivity contribution in [2.75, 3.05) is 25.4 Å². The number of hydrogen-bond acceptors (Lipinski definition) is 5. The summed E-state index contributed by atoms with van der Waals surface area (Å²) in [7, 11) is 0. The molecule has 1 unspecified atom stereocenters. The predicted molar refractivity (Wildman–Crippen MR) is 113 cm³/mol. The zero-order chi connectivity index (χ0) is 20.1. The summed E-state index contributed by atoms with van der Waals surface area (Å²) in [6, 6.07) is 1.77. The minimum atomic E-state index is 0.139. The van der Waals surface area contributed by atoms with E-state index in [0.717, 1.165) is 45.3 Å². The topological polar surface area (TPSA) is 75.2 Å². The highest BCUT2D eigenvalue weighted by atomic mass is 32.2. The summed E-state index contributed by atoms with van der Waals surface area (Å²) in [6.45, 7) is 2.28. The molecular weight excluding hydrogens is 384 g/mol. The maximum Gasteiger partial charge on any atom is 0.233 e. The van der Waals surface area contributed by atoms with Crippen molar-refractivity contribution in [1.29, 1.82) is 0 Å². The Kier molecular flexibility index (Phi) is 6.53. The van der Waals surface area contributed by atoms with Crippen LogP contribution in [0.3, 0.4) is 0 Å². The summed E-state index contributed by atoms with van der Waals surface area (Å²) in [5.74, 6) is 0.876. The van der Waals surface area contributed by atoms with Crippen LogP contribution in [0.2, 0.25) is 0 Å². The van der Waals surface area contributed by atoms with Gasteiger partial charge in [-0.2, -0.15) is 0 Å². The van der Waals surface area contributed by atoms with Crippen LogP contribution < -0.4 is 5.32 Å². The third-order valence-electron chi connectivity index (χ3n) is 6.62. The van der Waals surface area contributed by atoms with Gasteiger partial charge in [-0.25, -0.2) is 9.97 Å². The molecule has 2 fully saturated rings. The summed E-state index contributed by atoms with van der Waals surface area (Å²) in [4.78, 5) is 35.3. The van der Waals surface area contributed by atoms with Crippen molar-refractivity contribution < 1.29 is 9.59 Å². The van der Waals surface area contributed by atoms with Gasteiger partial charge >= 0.3 is 0 Å². The van der Waals surface area contributed by atoms with Crippen LogP contribution in [0.5, 0.6) is 0 Å². The Hall–Kier alpha value is -1.89. The first-order valence-electron chi connectivity index (χ1n) is 10.8. The van der Waals surface area contributed by atoms with Crippen LogP contribution in [-0.4, -0.2) is 52.1 Å². The lowest BCUT2D eigenvalue weighted by Crippen LogP contribution is -2.41. The van der Waals surface area contributed by atoms with Crippen molar-refractivity contribution in [3.05, 3.63) is 30.1 Å². The normalized spacial score (nSPS) is 22.8. The van der Waals surface area contributed by atoms with Gasteiger partial charge in [0.2, 0.25) is 11.8 Å². The molecule has 6 nitrogen and oxygen atoms in total. The first-order valence-corrected chi connectivity index (χ1v) is 11.8. The van der Waals surface area contributed by atoms with E-state index in [0.29, 0.717) is 10.9 Å². The van der Waals surface area contributed by atoms with E-state index < -0.39 is 0 Å². The number of nitrogens with one attached hydrogen (secondary N) is 1. The lowest BCUT2D eigenvalue weighted by atomic mass is 9.90. The third kappa shape index (κ3) is 5.18. The van der Waals surface area contributed by atoms with E-state index in [2.05, 4.69) is 21.4 Å². The van der Waals surface area contributed by atoms with Gasteiger partial charge in [0.1, 0.15) is 0 Å². The Balaban J connectivity index is 1.16. The number of piperidine rings is 1. The maximum absolute atomic E-state index is 12.6. The number of rotatable bonds is 7. The van der Waals surface area contributed by atoms with Crippen molar-refractivity contribution in [2.24, 2.45) is 11.3 Å². The molecule has 0 bridgehead atoms. The van der Waals surface area contributed by atoms with Crippen LogP contribution in [0, 0.1) is 11.3 Å². The average Bonchev–Trinajstić information content (AvgIpc) is 3.47. The Morgan fingerprint density at radius 2 is 2.00 bits per heavy atom. The molecule has 2 aliphatic carbocycles. The van der Waals surface area contributed by atoms with E-state index in [-0.39, 0.29) is 23.1 Å². The summed E-state index contributed by atoms with van der Waals surface area (Å²) in [5.41, 5.74) is 1.65. The number of amides is 2. The van der Waals surface area contributed by atoms with Gasteiger partial charge in [-0.1, -0.05) is 23.4 Å². The quantitative estimate of drug-likeness (QED) is 0.421. The minimum Gasteiger partial charge on any atom is -0.356 e. The van der Waals surface area contributed by atoms with Crippen molar-refractivity contribution in [1.82, 2.24) is 20.2 Å². The maximum atomic E-state index is 12.6. The number of hydrogen-bond donors (Lipinski definition) is 1. The van der Waals surface area contributed by atoms with Crippen molar-refractivity contribution in [3.8, 4) is 0 Å². The van der Waals surface area contributed by atoms with Gasteiger partial charge in [-0.15, -0.1) is 0 Å². The molecule has 1 atom stereocenters. The molecular formula is C22H30N4O2S. The molecule has 1 saturated heterocycles. The molecule has 1 N–H and O–H groups in total. The lowest BCUT2D eigenvalue weighted by molar-refractivity contribution is -0.130.